The first-order valence-corrected chi connectivity index (χ1v) is 5.72. The summed E-state index contributed by atoms with van der Waals surface area (Å²) in [7, 11) is 0. The van der Waals surface area contributed by atoms with Gasteiger partial charge in [0, 0.05) is 12.0 Å². The highest BCUT2D eigenvalue weighted by atomic mass is 19.3. The number of hydrogen-bond acceptors (Lipinski definition) is 1. The van der Waals surface area contributed by atoms with Crippen molar-refractivity contribution in [2.75, 3.05) is 0 Å². The first-order valence-electron chi connectivity index (χ1n) is 5.72. The predicted octanol–water partition coefficient (Wildman–Crippen LogP) is 2.92. The molecule has 0 radical (unpaired) electrons. The Hall–Kier alpha value is -0.960. The van der Waals surface area contributed by atoms with Gasteiger partial charge in [-0.05, 0) is 36.8 Å². The van der Waals surface area contributed by atoms with Crippen LogP contribution in [0.3, 0.4) is 0 Å². The first kappa shape index (κ1) is 11.5. The Kier molecular flexibility index (Phi) is 3.24. The Morgan fingerprint density at radius 3 is 2.19 bits per heavy atom. The van der Waals surface area contributed by atoms with Crippen LogP contribution in [-0.2, 0) is 12.8 Å². The molecule has 0 amide bonds. The summed E-state index contributed by atoms with van der Waals surface area (Å²) in [6, 6.07) is 7.45. The van der Waals surface area contributed by atoms with Gasteiger partial charge in [0.1, 0.15) is 0 Å². The van der Waals surface area contributed by atoms with E-state index in [0.29, 0.717) is 5.56 Å². The molecule has 0 bridgehead atoms. The Balaban J connectivity index is 1.86. The minimum atomic E-state index is -2.26. The van der Waals surface area contributed by atoms with Crippen molar-refractivity contribution >= 4 is 0 Å². The maximum Gasteiger partial charge on any atom is 0.242 e. The van der Waals surface area contributed by atoms with Crippen molar-refractivity contribution < 1.29 is 8.78 Å². The van der Waals surface area contributed by atoms with E-state index in [1.807, 2.05) is 12.1 Å². The summed E-state index contributed by atoms with van der Waals surface area (Å²) in [6.45, 7) is 0. The zero-order chi connectivity index (χ0) is 11.6. The van der Waals surface area contributed by atoms with Crippen LogP contribution in [0.15, 0.2) is 24.3 Å². The van der Waals surface area contributed by atoms with E-state index in [4.69, 9.17) is 5.73 Å². The highest BCUT2D eigenvalue weighted by Gasteiger charge is 2.37. The summed E-state index contributed by atoms with van der Waals surface area (Å²) in [6.07, 6.45) is 1.78. The lowest BCUT2D eigenvalue weighted by atomic mass is 10.0. The van der Waals surface area contributed by atoms with Gasteiger partial charge in [-0.1, -0.05) is 24.3 Å². The van der Waals surface area contributed by atoms with Crippen LogP contribution >= 0.6 is 0 Å². The second-order valence-corrected chi connectivity index (χ2v) is 4.77. The molecule has 0 spiro atoms. The Morgan fingerprint density at radius 1 is 1.12 bits per heavy atom. The quantitative estimate of drug-likeness (QED) is 0.819. The average Bonchev–Trinajstić information content (AvgIpc) is 2.96. The van der Waals surface area contributed by atoms with Crippen LogP contribution in [-0.4, -0.2) is 12.0 Å². The molecule has 0 saturated heterocycles. The van der Waals surface area contributed by atoms with Crippen LogP contribution in [0.1, 0.15) is 30.4 Å². The molecule has 1 aliphatic rings. The van der Waals surface area contributed by atoms with Crippen LogP contribution in [0.5, 0.6) is 0 Å². The molecule has 1 fully saturated rings. The fraction of sp³-hybridized carbons (Fsp3) is 0.538. The first-order chi connectivity index (χ1) is 7.57. The Bertz CT molecular complexity index is 341. The third-order valence-electron chi connectivity index (χ3n) is 3.22. The van der Waals surface area contributed by atoms with Gasteiger partial charge < -0.3 is 5.73 Å². The number of rotatable bonds is 5. The molecule has 0 aliphatic heterocycles. The number of halogens is 2. The summed E-state index contributed by atoms with van der Waals surface area (Å²) in [5.41, 5.74) is 7.95. The minimum Gasteiger partial charge on any atom is -0.325 e. The van der Waals surface area contributed by atoms with Crippen LogP contribution in [0.4, 0.5) is 8.78 Å². The monoisotopic (exact) mass is 225 g/mol. The molecule has 2 N–H and O–H groups in total. The highest BCUT2D eigenvalue weighted by Crippen LogP contribution is 2.36. The van der Waals surface area contributed by atoms with Gasteiger partial charge in [-0.25, -0.2) is 8.78 Å². The molecule has 2 rings (SSSR count). The molecule has 1 aromatic carbocycles. The van der Waals surface area contributed by atoms with Crippen molar-refractivity contribution in [3.05, 3.63) is 35.4 Å². The minimum absolute atomic E-state index is 0.0711. The molecule has 16 heavy (non-hydrogen) atoms. The summed E-state index contributed by atoms with van der Waals surface area (Å²) in [5.74, 6) is 0. The Labute approximate surface area is 94.7 Å². The van der Waals surface area contributed by atoms with Gasteiger partial charge in [0.2, 0.25) is 6.43 Å². The summed E-state index contributed by atoms with van der Waals surface area (Å²) in [4.78, 5) is 0. The number of nitrogens with two attached hydrogens (primary N) is 1. The number of benzene rings is 1. The lowest BCUT2D eigenvalue weighted by Crippen LogP contribution is -2.22. The lowest BCUT2D eigenvalue weighted by molar-refractivity contribution is 0.149. The van der Waals surface area contributed by atoms with Crippen molar-refractivity contribution in [1.29, 1.82) is 0 Å². The molecular weight excluding hydrogens is 208 g/mol. The largest absolute Gasteiger partial charge is 0.325 e. The third kappa shape index (κ3) is 3.27. The van der Waals surface area contributed by atoms with Gasteiger partial charge in [-0.2, -0.15) is 0 Å². The molecular formula is C13H17F2N. The number of aryl methyl sites for hydroxylation is 1. The Morgan fingerprint density at radius 2 is 1.69 bits per heavy atom. The van der Waals surface area contributed by atoms with E-state index in [1.54, 1.807) is 12.1 Å². The molecule has 3 heteroatoms. The fourth-order valence-corrected chi connectivity index (χ4v) is 1.82. The normalized spacial score (nSPS) is 17.8. The fourth-order valence-electron chi connectivity index (χ4n) is 1.82. The van der Waals surface area contributed by atoms with Crippen molar-refractivity contribution in [2.24, 2.45) is 5.73 Å². The standard InChI is InChI=1S/C13H17F2N/c14-12(15)9-11-3-1-10(2-4-11)5-6-13(16)7-8-13/h1-4,12H,5-9,16H2. The van der Waals surface area contributed by atoms with E-state index in [-0.39, 0.29) is 12.0 Å². The summed E-state index contributed by atoms with van der Waals surface area (Å²) >= 11 is 0. The van der Waals surface area contributed by atoms with Crippen LogP contribution in [0, 0.1) is 0 Å². The van der Waals surface area contributed by atoms with Crippen molar-refractivity contribution in [3.63, 3.8) is 0 Å². The van der Waals surface area contributed by atoms with Gasteiger partial charge in [0.25, 0.3) is 0 Å². The molecule has 1 aliphatic carbocycles. The molecule has 1 nitrogen and oxygen atoms in total. The average molecular weight is 225 g/mol. The van der Waals surface area contributed by atoms with E-state index in [1.165, 1.54) is 5.56 Å². The lowest BCUT2D eigenvalue weighted by Gasteiger charge is -2.08. The predicted molar refractivity (Wildman–Crippen MR) is 60.6 cm³/mol. The second kappa shape index (κ2) is 4.50. The van der Waals surface area contributed by atoms with Crippen molar-refractivity contribution in [1.82, 2.24) is 0 Å². The second-order valence-electron chi connectivity index (χ2n) is 4.77. The molecule has 0 aromatic heterocycles. The van der Waals surface area contributed by atoms with Crippen LogP contribution in [0.2, 0.25) is 0 Å². The summed E-state index contributed by atoms with van der Waals surface area (Å²) in [5, 5.41) is 0. The smallest absolute Gasteiger partial charge is 0.242 e. The molecule has 0 atom stereocenters. The highest BCUT2D eigenvalue weighted by molar-refractivity contribution is 5.23. The molecule has 0 heterocycles. The molecule has 0 unspecified atom stereocenters. The van der Waals surface area contributed by atoms with Crippen LogP contribution in [0.25, 0.3) is 0 Å². The van der Waals surface area contributed by atoms with Crippen LogP contribution < -0.4 is 5.73 Å². The van der Waals surface area contributed by atoms with Gasteiger partial charge >= 0.3 is 0 Å². The van der Waals surface area contributed by atoms with E-state index < -0.39 is 6.43 Å². The maximum atomic E-state index is 12.1. The van der Waals surface area contributed by atoms with E-state index in [9.17, 15) is 8.78 Å². The molecule has 1 aromatic rings. The van der Waals surface area contributed by atoms with Gasteiger partial charge in [-0.3, -0.25) is 0 Å². The number of hydrogen-bond donors (Lipinski definition) is 1. The van der Waals surface area contributed by atoms with E-state index in [2.05, 4.69) is 0 Å². The third-order valence-corrected chi connectivity index (χ3v) is 3.22. The topological polar surface area (TPSA) is 26.0 Å². The van der Waals surface area contributed by atoms with Gasteiger partial charge in [0.15, 0.2) is 0 Å². The van der Waals surface area contributed by atoms with Crippen molar-refractivity contribution in [2.45, 2.75) is 44.1 Å². The maximum absolute atomic E-state index is 12.1. The van der Waals surface area contributed by atoms with Gasteiger partial charge in [0.05, 0.1) is 0 Å². The van der Waals surface area contributed by atoms with Gasteiger partial charge in [-0.15, -0.1) is 0 Å². The van der Waals surface area contributed by atoms with E-state index in [0.717, 1.165) is 25.7 Å². The molecule has 88 valence electrons. The van der Waals surface area contributed by atoms with Crippen molar-refractivity contribution in [3.8, 4) is 0 Å². The zero-order valence-corrected chi connectivity index (χ0v) is 9.26. The molecule has 1 saturated carbocycles. The summed E-state index contributed by atoms with van der Waals surface area (Å²) < 4.78 is 24.2. The number of alkyl halides is 2. The van der Waals surface area contributed by atoms with E-state index >= 15 is 0 Å². The SMILES string of the molecule is NC1(CCc2ccc(CC(F)F)cc2)CC1. The zero-order valence-electron chi connectivity index (χ0n) is 9.26.